The number of benzene rings is 2. The van der Waals surface area contributed by atoms with E-state index < -0.39 is 0 Å². The van der Waals surface area contributed by atoms with E-state index in [0.29, 0.717) is 17.1 Å². The molecule has 0 spiro atoms. The van der Waals surface area contributed by atoms with Gasteiger partial charge in [0.25, 0.3) is 5.91 Å². The van der Waals surface area contributed by atoms with E-state index in [1.807, 2.05) is 18.2 Å². The molecule has 0 radical (unpaired) electrons. The fraction of sp³-hybridized carbons (Fsp3) is 0.167. The van der Waals surface area contributed by atoms with Crippen molar-refractivity contribution in [3.05, 3.63) is 71.0 Å². The highest BCUT2D eigenvalue weighted by Gasteiger charge is 2.18. The highest BCUT2D eigenvalue weighted by molar-refractivity contribution is 6.04. The predicted molar refractivity (Wildman–Crippen MR) is 120 cm³/mol. The Hall–Kier alpha value is -4.18. The van der Waals surface area contributed by atoms with Gasteiger partial charge in [-0.1, -0.05) is 6.07 Å². The zero-order chi connectivity index (χ0) is 21.5. The van der Waals surface area contributed by atoms with Crippen molar-refractivity contribution in [3.8, 4) is 17.3 Å². The molecule has 3 N–H and O–H groups in total. The lowest BCUT2D eigenvalue weighted by Crippen LogP contribution is -2.13. The summed E-state index contributed by atoms with van der Waals surface area (Å²) in [5.41, 5.74) is 11.7. The molecule has 2 aromatic carbocycles. The van der Waals surface area contributed by atoms with Crippen molar-refractivity contribution in [2.75, 3.05) is 11.1 Å². The average molecular weight is 408 g/mol. The van der Waals surface area contributed by atoms with Gasteiger partial charge < -0.3 is 15.6 Å². The summed E-state index contributed by atoms with van der Waals surface area (Å²) >= 11 is 0. The summed E-state index contributed by atoms with van der Waals surface area (Å²) in [5.74, 6) is 1.23. The molecular weight excluding hydrogens is 388 g/mol. The van der Waals surface area contributed by atoms with E-state index in [2.05, 4.69) is 33.9 Å². The lowest BCUT2D eigenvalue weighted by atomic mass is 10.0. The summed E-state index contributed by atoms with van der Waals surface area (Å²) in [6.07, 6.45) is 2.16. The minimum absolute atomic E-state index is 0.269. The van der Waals surface area contributed by atoms with Crippen LogP contribution in [0.3, 0.4) is 0 Å². The van der Waals surface area contributed by atoms with Crippen molar-refractivity contribution in [2.45, 2.75) is 26.3 Å². The number of aromatic nitrogens is 3. The molecule has 3 heterocycles. The third-order valence-corrected chi connectivity index (χ3v) is 5.66. The van der Waals surface area contributed by atoms with Crippen molar-refractivity contribution in [3.63, 3.8) is 0 Å². The van der Waals surface area contributed by atoms with Crippen molar-refractivity contribution >= 4 is 28.4 Å². The number of carbonyl (C=O) groups is 1. The molecule has 1 aliphatic heterocycles. The fourth-order valence-electron chi connectivity index (χ4n) is 4.07. The molecule has 0 saturated carbocycles. The molecule has 152 valence electrons. The molecule has 0 aliphatic carbocycles. The number of amides is 1. The smallest absolute Gasteiger partial charge is 0.256 e. The topological polar surface area (TPSA) is 110 Å². The molecule has 31 heavy (non-hydrogen) atoms. The molecule has 0 atom stereocenters. The molecule has 0 unspecified atom stereocenters. The van der Waals surface area contributed by atoms with Crippen LogP contribution in [0.5, 0.6) is 0 Å². The highest BCUT2D eigenvalue weighted by Crippen LogP contribution is 2.30. The number of pyridine rings is 1. The van der Waals surface area contributed by atoms with Gasteiger partial charge in [-0.05, 0) is 61.4 Å². The number of nitriles is 1. The number of aryl methyl sites for hydroxylation is 3. The standard InChI is InChI=1S/C24H20N6O/c1-14-10-21-20(28-23-6-3-9-30(21)23)12-17(14)19-4-2-5-22(27-19)29-24(31)15-7-8-18(26)16(11-15)13-25/h2,4-5,7-8,10-12H,3,6,9,26H2,1H3,(H,27,29,31). The summed E-state index contributed by atoms with van der Waals surface area (Å²) in [7, 11) is 0. The molecular formula is C24H20N6O. The van der Waals surface area contributed by atoms with Crippen LogP contribution in [0, 0.1) is 18.3 Å². The van der Waals surface area contributed by atoms with Gasteiger partial charge in [0.05, 0.1) is 22.3 Å². The minimum Gasteiger partial charge on any atom is -0.398 e. The summed E-state index contributed by atoms with van der Waals surface area (Å²) in [4.78, 5) is 22.1. The number of nitrogen functional groups attached to an aromatic ring is 1. The van der Waals surface area contributed by atoms with Crippen LogP contribution >= 0.6 is 0 Å². The van der Waals surface area contributed by atoms with E-state index in [9.17, 15) is 4.79 Å². The quantitative estimate of drug-likeness (QED) is 0.497. The van der Waals surface area contributed by atoms with Crippen molar-refractivity contribution in [2.24, 2.45) is 0 Å². The Morgan fingerprint density at radius 2 is 2.06 bits per heavy atom. The van der Waals surface area contributed by atoms with Crippen molar-refractivity contribution in [1.29, 1.82) is 5.26 Å². The zero-order valence-corrected chi connectivity index (χ0v) is 17.0. The Morgan fingerprint density at radius 1 is 1.19 bits per heavy atom. The van der Waals surface area contributed by atoms with E-state index in [4.69, 9.17) is 16.0 Å². The van der Waals surface area contributed by atoms with Crippen molar-refractivity contribution < 1.29 is 4.79 Å². The second-order valence-corrected chi connectivity index (χ2v) is 7.72. The SMILES string of the molecule is Cc1cc2c(cc1-c1cccc(NC(=O)c3ccc(N)c(C#N)c3)n1)nc1n2CCC1. The number of nitrogens with two attached hydrogens (primary N) is 1. The van der Waals surface area contributed by atoms with E-state index in [1.165, 1.54) is 6.07 Å². The molecule has 0 saturated heterocycles. The lowest BCUT2D eigenvalue weighted by molar-refractivity contribution is 0.102. The van der Waals surface area contributed by atoms with Gasteiger partial charge >= 0.3 is 0 Å². The highest BCUT2D eigenvalue weighted by atomic mass is 16.1. The number of carbonyl (C=O) groups excluding carboxylic acids is 1. The first-order chi connectivity index (χ1) is 15.0. The lowest BCUT2D eigenvalue weighted by Gasteiger charge is -2.10. The number of anilines is 2. The van der Waals surface area contributed by atoms with Crippen LogP contribution in [0.2, 0.25) is 0 Å². The first kappa shape index (κ1) is 18.8. The average Bonchev–Trinajstić information content (AvgIpc) is 3.35. The molecule has 1 aliphatic rings. The monoisotopic (exact) mass is 408 g/mol. The number of nitrogens with one attached hydrogen (secondary N) is 1. The molecule has 7 heteroatoms. The van der Waals surface area contributed by atoms with Gasteiger partial charge in [0.1, 0.15) is 17.7 Å². The summed E-state index contributed by atoms with van der Waals surface area (Å²) < 4.78 is 2.29. The van der Waals surface area contributed by atoms with Gasteiger partial charge in [0.2, 0.25) is 0 Å². The summed E-state index contributed by atoms with van der Waals surface area (Å²) in [6.45, 7) is 3.08. The minimum atomic E-state index is -0.348. The van der Waals surface area contributed by atoms with E-state index >= 15 is 0 Å². The van der Waals surface area contributed by atoms with Gasteiger partial charge in [-0.2, -0.15) is 5.26 Å². The Labute approximate surface area is 179 Å². The molecule has 4 aromatic rings. The maximum atomic E-state index is 12.6. The number of fused-ring (bicyclic) bond motifs is 3. The van der Waals surface area contributed by atoms with E-state index in [1.54, 1.807) is 18.2 Å². The number of imidazole rings is 1. The van der Waals surface area contributed by atoms with E-state index in [-0.39, 0.29) is 11.5 Å². The van der Waals surface area contributed by atoms with Gasteiger partial charge in [-0.15, -0.1) is 0 Å². The Morgan fingerprint density at radius 3 is 2.90 bits per heavy atom. The maximum Gasteiger partial charge on any atom is 0.256 e. The number of hydrogen-bond donors (Lipinski definition) is 2. The van der Waals surface area contributed by atoms with Crippen LogP contribution in [0.4, 0.5) is 11.5 Å². The largest absolute Gasteiger partial charge is 0.398 e. The van der Waals surface area contributed by atoms with E-state index in [0.717, 1.165) is 53.1 Å². The third-order valence-electron chi connectivity index (χ3n) is 5.66. The van der Waals surface area contributed by atoms with Crippen molar-refractivity contribution in [1.82, 2.24) is 14.5 Å². The van der Waals surface area contributed by atoms with Crippen LogP contribution in [0.15, 0.2) is 48.5 Å². The molecule has 2 aromatic heterocycles. The first-order valence-electron chi connectivity index (χ1n) is 10.1. The van der Waals surface area contributed by atoms with Crippen LogP contribution in [-0.4, -0.2) is 20.4 Å². The summed E-state index contributed by atoms with van der Waals surface area (Å²) in [6, 6.07) is 16.4. The molecule has 0 bridgehead atoms. The predicted octanol–water partition coefficient (Wildman–Crippen LogP) is 4.06. The summed E-state index contributed by atoms with van der Waals surface area (Å²) in [5, 5.41) is 11.9. The van der Waals surface area contributed by atoms with Gasteiger partial charge in [0, 0.05) is 29.8 Å². The molecule has 1 amide bonds. The number of nitrogens with zero attached hydrogens (tertiary/aromatic N) is 4. The Balaban J connectivity index is 1.46. The van der Waals surface area contributed by atoms with Crippen LogP contribution in [-0.2, 0) is 13.0 Å². The number of hydrogen-bond acceptors (Lipinski definition) is 5. The Kier molecular flexibility index (Phi) is 4.41. The zero-order valence-electron chi connectivity index (χ0n) is 17.0. The maximum absolute atomic E-state index is 12.6. The van der Waals surface area contributed by atoms with Crippen LogP contribution < -0.4 is 11.1 Å². The van der Waals surface area contributed by atoms with Gasteiger partial charge in [-0.25, -0.2) is 9.97 Å². The third kappa shape index (κ3) is 3.28. The normalized spacial score (nSPS) is 12.5. The molecule has 0 fully saturated rings. The van der Waals surface area contributed by atoms with Crippen LogP contribution in [0.1, 0.15) is 33.7 Å². The fourth-order valence-corrected chi connectivity index (χ4v) is 4.07. The molecule has 7 nitrogen and oxygen atoms in total. The van der Waals surface area contributed by atoms with Gasteiger partial charge in [0.15, 0.2) is 0 Å². The van der Waals surface area contributed by atoms with Gasteiger partial charge in [-0.3, -0.25) is 4.79 Å². The Bertz CT molecular complexity index is 1400. The first-order valence-corrected chi connectivity index (χ1v) is 10.1. The number of rotatable bonds is 3. The second-order valence-electron chi connectivity index (χ2n) is 7.72. The van der Waals surface area contributed by atoms with Crippen LogP contribution in [0.25, 0.3) is 22.3 Å². The second kappa shape index (κ2) is 7.26. The molecule has 5 rings (SSSR count).